The number of hydrogen-bond donors (Lipinski definition) is 1. The summed E-state index contributed by atoms with van der Waals surface area (Å²) in [5.41, 5.74) is 2.07. The van der Waals surface area contributed by atoms with E-state index in [1.54, 1.807) is 0 Å². The number of benzene rings is 1. The normalized spacial score (nSPS) is 16.7. The summed E-state index contributed by atoms with van der Waals surface area (Å²) < 4.78 is 0. The highest BCUT2D eigenvalue weighted by Gasteiger charge is 2.24. The zero-order valence-electron chi connectivity index (χ0n) is 11.0. The summed E-state index contributed by atoms with van der Waals surface area (Å²) in [6, 6.07) is 7.82. The van der Waals surface area contributed by atoms with Crippen molar-refractivity contribution in [3.8, 4) is 0 Å². The van der Waals surface area contributed by atoms with Crippen molar-refractivity contribution in [1.82, 2.24) is 5.32 Å². The largest absolute Gasteiger partial charge is 0.345 e. The SMILES string of the molecule is CC(C)(C)c1ccc(N2CC(=O)NCC2=O)cc1. The third kappa shape index (κ3) is 2.53. The van der Waals surface area contributed by atoms with E-state index in [1.807, 2.05) is 24.3 Å². The van der Waals surface area contributed by atoms with Crippen molar-refractivity contribution in [2.45, 2.75) is 26.2 Å². The van der Waals surface area contributed by atoms with E-state index in [1.165, 1.54) is 10.5 Å². The molecule has 0 aromatic heterocycles. The fraction of sp³-hybridized carbons (Fsp3) is 0.429. The minimum atomic E-state index is -0.116. The molecule has 4 heteroatoms. The summed E-state index contributed by atoms with van der Waals surface area (Å²) >= 11 is 0. The van der Waals surface area contributed by atoms with Gasteiger partial charge >= 0.3 is 0 Å². The average Bonchev–Trinajstić information content (AvgIpc) is 2.31. The highest BCUT2D eigenvalue weighted by molar-refractivity contribution is 6.04. The number of nitrogens with zero attached hydrogens (tertiary/aromatic N) is 1. The fourth-order valence-corrected chi connectivity index (χ4v) is 1.93. The third-order valence-corrected chi connectivity index (χ3v) is 3.08. The van der Waals surface area contributed by atoms with E-state index in [4.69, 9.17) is 0 Å². The molecule has 0 radical (unpaired) electrons. The van der Waals surface area contributed by atoms with Crippen LogP contribution in [0.15, 0.2) is 24.3 Å². The van der Waals surface area contributed by atoms with Crippen LogP contribution >= 0.6 is 0 Å². The summed E-state index contributed by atoms with van der Waals surface area (Å²) in [6.07, 6.45) is 0. The van der Waals surface area contributed by atoms with Crippen LogP contribution in [0.25, 0.3) is 0 Å². The molecule has 18 heavy (non-hydrogen) atoms. The molecule has 1 aromatic carbocycles. The summed E-state index contributed by atoms with van der Waals surface area (Å²) in [4.78, 5) is 24.6. The first-order valence-electron chi connectivity index (χ1n) is 6.05. The average molecular weight is 246 g/mol. The molecule has 1 heterocycles. The van der Waals surface area contributed by atoms with Gasteiger partial charge in [0.05, 0.1) is 6.54 Å². The van der Waals surface area contributed by atoms with Crippen molar-refractivity contribution in [3.63, 3.8) is 0 Å². The molecule has 2 amide bonds. The highest BCUT2D eigenvalue weighted by atomic mass is 16.2. The molecule has 0 unspecified atom stereocenters. The van der Waals surface area contributed by atoms with Gasteiger partial charge in [-0.25, -0.2) is 0 Å². The molecule has 0 saturated carbocycles. The number of anilines is 1. The Bertz CT molecular complexity index is 472. The van der Waals surface area contributed by atoms with Gasteiger partial charge in [-0.3, -0.25) is 9.59 Å². The number of hydrogen-bond acceptors (Lipinski definition) is 2. The summed E-state index contributed by atoms with van der Waals surface area (Å²) in [5, 5.41) is 2.54. The second-order valence-electron chi connectivity index (χ2n) is 5.55. The van der Waals surface area contributed by atoms with Gasteiger partial charge in [0.1, 0.15) is 6.54 Å². The van der Waals surface area contributed by atoms with Gasteiger partial charge in [-0.05, 0) is 23.1 Å². The monoisotopic (exact) mass is 246 g/mol. The zero-order chi connectivity index (χ0) is 13.3. The van der Waals surface area contributed by atoms with Gasteiger partial charge in [-0.15, -0.1) is 0 Å². The maximum Gasteiger partial charge on any atom is 0.246 e. The molecule has 0 spiro atoms. The number of rotatable bonds is 1. The first kappa shape index (κ1) is 12.6. The van der Waals surface area contributed by atoms with E-state index in [2.05, 4.69) is 26.1 Å². The van der Waals surface area contributed by atoms with Crippen LogP contribution < -0.4 is 10.2 Å². The second kappa shape index (κ2) is 4.44. The Morgan fingerprint density at radius 1 is 1.11 bits per heavy atom. The van der Waals surface area contributed by atoms with Crippen molar-refractivity contribution in [1.29, 1.82) is 0 Å². The Labute approximate surface area is 107 Å². The molecule has 1 aliphatic heterocycles. The Morgan fingerprint density at radius 2 is 1.72 bits per heavy atom. The number of nitrogens with one attached hydrogen (secondary N) is 1. The number of carbonyl (C=O) groups is 2. The first-order chi connectivity index (χ1) is 8.38. The van der Waals surface area contributed by atoms with Crippen LogP contribution in [-0.4, -0.2) is 24.9 Å². The zero-order valence-corrected chi connectivity index (χ0v) is 11.0. The maximum atomic E-state index is 11.7. The molecule has 1 N–H and O–H groups in total. The van der Waals surface area contributed by atoms with Gasteiger partial charge in [-0.1, -0.05) is 32.9 Å². The van der Waals surface area contributed by atoms with E-state index >= 15 is 0 Å². The van der Waals surface area contributed by atoms with Crippen molar-refractivity contribution in [2.24, 2.45) is 0 Å². The molecule has 0 bridgehead atoms. The fourth-order valence-electron chi connectivity index (χ4n) is 1.93. The van der Waals surface area contributed by atoms with Crippen molar-refractivity contribution >= 4 is 17.5 Å². The molecule has 2 rings (SSSR count). The first-order valence-corrected chi connectivity index (χ1v) is 6.05. The number of amides is 2. The van der Waals surface area contributed by atoms with Gasteiger partial charge in [0.2, 0.25) is 11.8 Å². The standard InChI is InChI=1S/C14H18N2O2/c1-14(2,3)10-4-6-11(7-5-10)16-9-12(17)15-8-13(16)18/h4-7H,8-9H2,1-3H3,(H,15,17). The van der Waals surface area contributed by atoms with Crippen molar-refractivity contribution < 1.29 is 9.59 Å². The molecular formula is C14H18N2O2. The van der Waals surface area contributed by atoms with Crippen molar-refractivity contribution in [3.05, 3.63) is 29.8 Å². The van der Waals surface area contributed by atoms with Gasteiger partial charge < -0.3 is 10.2 Å². The van der Waals surface area contributed by atoms with Crippen LogP contribution in [0.5, 0.6) is 0 Å². The minimum Gasteiger partial charge on any atom is -0.345 e. The lowest BCUT2D eigenvalue weighted by Crippen LogP contribution is -2.51. The lowest BCUT2D eigenvalue weighted by Gasteiger charge is -2.27. The Balaban J connectivity index is 2.23. The predicted molar refractivity (Wildman–Crippen MR) is 70.5 cm³/mol. The summed E-state index contributed by atoms with van der Waals surface area (Å²) in [5.74, 6) is -0.187. The molecule has 1 fully saturated rings. The van der Waals surface area contributed by atoms with Crippen LogP contribution in [0, 0.1) is 0 Å². The van der Waals surface area contributed by atoms with Crippen LogP contribution in [0.4, 0.5) is 5.69 Å². The number of piperazine rings is 1. The smallest absolute Gasteiger partial charge is 0.246 e. The third-order valence-electron chi connectivity index (χ3n) is 3.08. The van der Waals surface area contributed by atoms with E-state index in [9.17, 15) is 9.59 Å². The van der Waals surface area contributed by atoms with Crippen LogP contribution in [0.1, 0.15) is 26.3 Å². The lowest BCUT2D eigenvalue weighted by molar-refractivity contribution is -0.128. The molecule has 96 valence electrons. The topological polar surface area (TPSA) is 49.4 Å². The predicted octanol–water partition coefficient (Wildman–Crippen LogP) is 1.45. The molecule has 4 nitrogen and oxygen atoms in total. The van der Waals surface area contributed by atoms with E-state index in [-0.39, 0.29) is 30.3 Å². The van der Waals surface area contributed by atoms with Crippen LogP contribution in [-0.2, 0) is 15.0 Å². The van der Waals surface area contributed by atoms with Crippen LogP contribution in [0.2, 0.25) is 0 Å². The molecular weight excluding hydrogens is 228 g/mol. The Morgan fingerprint density at radius 3 is 2.28 bits per heavy atom. The molecule has 0 aliphatic carbocycles. The molecule has 1 aliphatic rings. The highest BCUT2D eigenvalue weighted by Crippen LogP contribution is 2.25. The van der Waals surface area contributed by atoms with Gasteiger partial charge in [0.25, 0.3) is 0 Å². The van der Waals surface area contributed by atoms with Crippen molar-refractivity contribution in [2.75, 3.05) is 18.0 Å². The lowest BCUT2D eigenvalue weighted by atomic mass is 9.87. The second-order valence-corrected chi connectivity index (χ2v) is 5.55. The van der Waals surface area contributed by atoms with E-state index < -0.39 is 0 Å². The Hall–Kier alpha value is -1.84. The van der Waals surface area contributed by atoms with Gasteiger partial charge in [0, 0.05) is 5.69 Å². The molecule has 1 saturated heterocycles. The minimum absolute atomic E-state index is 0.0712. The van der Waals surface area contributed by atoms with E-state index in [0.29, 0.717) is 0 Å². The quantitative estimate of drug-likeness (QED) is 0.815. The van der Waals surface area contributed by atoms with E-state index in [0.717, 1.165) is 5.69 Å². The van der Waals surface area contributed by atoms with Gasteiger partial charge in [0.15, 0.2) is 0 Å². The van der Waals surface area contributed by atoms with Crippen LogP contribution in [0.3, 0.4) is 0 Å². The maximum absolute atomic E-state index is 11.7. The Kier molecular flexibility index (Phi) is 3.11. The van der Waals surface area contributed by atoms with Gasteiger partial charge in [-0.2, -0.15) is 0 Å². The molecule has 0 atom stereocenters. The molecule has 1 aromatic rings. The number of carbonyl (C=O) groups excluding carboxylic acids is 2. The summed E-state index contributed by atoms with van der Waals surface area (Å²) in [7, 11) is 0. The summed E-state index contributed by atoms with van der Waals surface area (Å²) in [6.45, 7) is 6.61.